The maximum atomic E-state index is 5.01. The van der Waals surface area contributed by atoms with Crippen LogP contribution in [0.15, 0.2) is 60.8 Å². The molecular formula is C21H16N2. The van der Waals surface area contributed by atoms with E-state index >= 15 is 0 Å². The van der Waals surface area contributed by atoms with Crippen molar-refractivity contribution >= 4 is 21.8 Å². The van der Waals surface area contributed by atoms with E-state index in [2.05, 4.69) is 67.4 Å². The fourth-order valence-electron chi connectivity index (χ4n) is 3.87. The molecule has 23 heavy (non-hydrogen) atoms. The normalized spacial score (nSPS) is 14.9. The van der Waals surface area contributed by atoms with E-state index in [1.54, 1.807) is 0 Å². The lowest BCUT2D eigenvalue weighted by Crippen LogP contribution is -2.24. The molecule has 0 aliphatic heterocycles. The van der Waals surface area contributed by atoms with Crippen molar-refractivity contribution < 1.29 is 0 Å². The molecular weight excluding hydrogens is 280 g/mol. The predicted molar refractivity (Wildman–Crippen MR) is 94.6 cm³/mol. The number of pyridine rings is 2. The zero-order chi connectivity index (χ0) is 15.6. The fraction of sp³-hybridized carbons (Fsp3) is 0.143. The summed E-state index contributed by atoms with van der Waals surface area (Å²) in [6, 6.07) is 19.2. The third-order valence-electron chi connectivity index (χ3n) is 5.09. The topological polar surface area (TPSA) is 25.8 Å². The van der Waals surface area contributed by atoms with Crippen molar-refractivity contribution in [2.24, 2.45) is 0 Å². The van der Waals surface area contributed by atoms with Crippen molar-refractivity contribution in [3.63, 3.8) is 0 Å². The lowest BCUT2D eigenvalue weighted by atomic mass is 9.70. The minimum Gasteiger partial charge on any atom is -0.256 e. The van der Waals surface area contributed by atoms with Gasteiger partial charge in [0.25, 0.3) is 0 Å². The van der Waals surface area contributed by atoms with Gasteiger partial charge in [-0.1, -0.05) is 44.2 Å². The molecule has 0 radical (unpaired) electrons. The Morgan fingerprint density at radius 2 is 1.65 bits per heavy atom. The molecule has 0 saturated carbocycles. The van der Waals surface area contributed by atoms with Crippen LogP contribution < -0.4 is 0 Å². The van der Waals surface area contributed by atoms with Crippen molar-refractivity contribution in [1.82, 2.24) is 9.97 Å². The van der Waals surface area contributed by atoms with Crippen molar-refractivity contribution in [3.05, 3.63) is 71.9 Å². The number of hydrogen-bond acceptors (Lipinski definition) is 2. The molecule has 1 aliphatic carbocycles. The number of aromatic nitrogens is 2. The van der Waals surface area contributed by atoms with E-state index < -0.39 is 0 Å². The lowest BCUT2D eigenvalue weighted by molar-refractivity contribution is 0.643. The first-order valence-electron chi connectivity index (χ1n) is 7.95. The highest BCUT2D eigenvalue weighted by Gasteiger charge is 2.34. The van der Waals surface area contributed by atoms with Crippen LogP contribution in [-0.2, 0) is 5.41 Å². The second-order valence-corrected chi connectivity index (χ2v) is 6.76. The molecule has 0 N–H and O–H groups in total. The number of rotatable bonds is 0. The zero-order valence-electron chi connectivity index (χ0n) is 13.2. The highest BCUT2D eigenvalue weighted by Crippen LogP contribution is 2.47. The summed E-state index contributed by atoms with van der Waals surface area (Å²) >= 11 is 0. The van der Waals surface area contributed by atoms with Gasteiger partial charge in [0, 0.05) is 27.9 Å². The molecule has 2 nitrogen and oxygen atoms in total. The van der Waals surface area contributed by atoms with Crippen LogP contribution in [0.5, 0.6) is 0 Å². The molecule has 0 spiro atoms. The molecule has 0 saturated heterocycles. The molecule has 5 rings (SSSR count). The van der Waals surface area contributed by atoms with Crippen LogP contribution in [0.4, 0.5) is 0 Å². The SMILES string of the molecule is CC1(C)c2cc3ccccc3nc2-c2ccnc3cccc1c23. The van der Waals surface area contributed by atoms with Crippen LogP contribution in [-0.4, -0.2) is 9.97 Å². The van der Waals surface area contributed by atoms with E-state index in [4.69, 9.17) is 4.98 Å². The van der Waals surface area contributed by atoms with Gasteiger partial charge in [0.05, 0.1) is 16.7 Å². The fourth-order valence-corrected chi connectivity index (χ4v) is 3.87. The van der Waals surface area contributed by atoms with Crippen LogP contribution in [0.25, 0.3) is 33.1 Å². The highest BCUT2D eigenvalue weighted by molar-refractivity contribution is 6.01. The van der Waals surface area contributed by atoms with Gasteiger partial charge in [-0.15, -0.1) is 0 Å². The summed E-state index contributed by atoms with van der Waals surface area (Å²) in [5, 5.41) is 2.44. The molecule has 2 aromatic carbocycles. The molecule has 2 aromatic heterocycles. The molecule has 0 unspecified atom stereocenters. The molecule has 0 fully saturated rings. The summed E-state index contributed by atoms with van der Waals surface area (Å²) < 4.78 is 0. The van der Waals surface area contributed by atoms with Crippen molar-refractivity contribution in [3.8, 4) is 11.3 Å². The van der Waals surface area contributed by atoms with Gasteiger partial charge in [0.15, 0.2) is 0 Å². The number of nitrogens with zero attached hydrogens (tertiary/aromatic N) is 2. The first kappa shape index (κ1) is 12.8. The summed E-state index contributed by atoms with van der Waals surface area (Å²) in [6.45, 7) is 4.57. The van der Waals surface area contributed by atoms with Gasteiger partial charge in [-0.05, 0) is 35.4 Å². The highest BCUT2D eigenvalue weighted by atomic mass is 14.7. The van der Waals surface area contributed by atoms with Crippen LogP contribution >= 0.6 is 0 Å². The number of hydrogen-bond donors (Lipinski definition) is 0. The maximum absolute atomic E-state index is 5.01. The van der Waals surface area contributed by atoms with Gasteiger partial charge in [-0.2, -0.15) is 0 Å². The Morgan fingerprint density at radius 1 is 0.826 bits per heavy atom. The minimum atomic E-state index is -0.0814. The average Bonchev–Trinajstić information content (AvgIpc) is 2.58. The van der Waals surface area contributed by atoms with E-state index in [0.29, 0.717) is 0 Å². The third-order valence-corrected chi connectivity index (χ3v) is 5.09. The van der Waals surface area contributed by atoms with E-state index in [1.807, 2.05) is 12.3 Å². The molecule has 0 amide bonds. The third kappa shape index (κ3) is 1.58. The largest absolute Gasteiger partial charge is 0.256 e. The van der Waals surface area contributed by atoms with E-state index in [0.717, 1.165) is 16.7 Å². The van der Waals surface area contributed by atoms with E-state index in [9.17, 15) is 0 Å². The number of benzene rings is 2. The first-order chi connectivity index (χ1) is 11.2. The predicted octanol–water partition coefficient (Wildman–Crippen LogP) is 5.09. The molecule has 2 heteroatoms. The Kier molecular flexibility index (Phi) is 2.31. The maximum Gasteiger partial charge on any atom is 0.0758 e. The summed E-state index contributed by atoms with van der Waals surface area (Å²) in [6.07, 6.45) is 1.89. The molecule has 0 bridgehead atoms. The standard InChI is InChI=1S/C21H16N2/c1-21(2)15-7-5-9-18-19(15)14(10-11-22-18)20-16(21)12-13-6-3-4-8-17(13)23-20/h3-12H,1-2H3. The van der Waals surface area contributed by atoms with E-state index in [-0.39, 0.29) is 5.41 Å². The van der Waals surface area contributed by atoms with Gasteiger partial charge < -0.3 is 0 Å². The van der Waals surface area contributed by atoms with Crippen LogP contribution in [0.3, 0.4) is 0 Å². The van der Waals surface area contributed by atoms with Gasteiger partial charge in [0.1, 0.15) is 0 Å². The minimum absolute atomic E-state index is 0.0814. The van der Waals surface area contributed by atoms with Gasteiger partial charge in [-0.25, -0.2) is 4.98 Å². The second-order valence-electron chi connectivity index (χ2n) is 6.76. The van der Waals surface area contributed by atoms with Crippen molar-refractivity contribution in [1.29, 1.82) is 0 Å². The van der Waals surface area contributed by atoms with Crippen molar-refractivity contribution in [2.75, 3.05) is 0 Å². The molecule has 4 aromatic rings. The number of para-hydroxylation sites is 1. The van der Waals surface area contributed by atoms with Gasteiger partial charge in [-0.3, -0.25) is 4.98 Å². The Labute approximate surface area is 134 Å². The lowest BCUT2D eigenvalue weighted by Gasteiger charge is -2.34. The smallest absolute Gasteiger partial charge is 0.0758 e. The Bertz CT molecular complexity index is 1090. The average molecular weight is 296 g/mol. The molecule has 110 valence electrons. The zero-order valence-corrected chi connectivity index (χ0v) is 13.2. The second kappa shape index (κ2) is 4.17. The summed E-state index contributed by atoms with van der Waals surface area (Å²) in [4.78, 5) is 9.57. The molecule has 2 heterocycles. The van der Waals surface area contributed by atoms with Gasteiger partial charge >= 0.3 is 0 Å². The Hall–Kier alpha value is -2.74. The number of fused-ring (bicyclic) bond motifs is 3. The molecule has 1 aliphatic rings. The van der Waals surface area contributed by atoms with Crippen LogP contribution in [0.2, 0.25) is 0 Å². The van der Waals surface area contributed by atoms with E-state index in [1.165, 1.54) is 27.5 Å². The van der Waals surface area contributed by atoms with Crippen molar-refractivity contribution in [2.45, 2.75) is 19.3 Å². The summed E-state index contributed by atoms with van der Waals surface area (Å²) in [7, 11) is 0. The Morgan fingerprint density at radius 3 is 2.57 bits per heavy atom. The quantitative estimate of drug-likeness (QED) is 0.452. The monoisotopic (exact) mass is 296 g/mol. The van der Waals surface area contributed by atoms with Crippen LogP contribution in [0.1, 0.15) is 25.0 Å². The summed E-state index contributed by atoms with van der Waals surface area (Å²) in [5.41, 5.74) is 6.94. The Balaban J connectivity index is 2.02. The molecule has 0 atom stereocenters. The first-order valence-corrected chi connectivity index (χ1v) is 7.95. The van der Waals surface area contributed by atoms with Gasteiger partial charge in [0.2, 0.25) is 0 Å². The van der Waals surface area contributed by atoms with Crippen LogP contribution in [0, 0.1) is 0 Å². The summed E-state index contributed by atoms with van der Waals surface area (Å²) in [5.74, 6) is 0.